The molecule has 2 heterocycles. The van der Waals surface area contributed by atoms with Crippen LogP contribution in [0.3, 0.4) is 0 Å². The first-order chi connectivity index (χ1) is 14.9. The number of ether oxygens (including phenoxy) is 1. The number of ketones is 1. The van der Waals surface area contributed by atoms with E-state index in [1.807, 2.05) is 0 Å². The second kappa shape index (κ2) is 8.19. The predicted octanol–water partition coefficient (Wildman–Crippen LogP) is 3.47. The second-order valence-electron chi connectivity index (χ2n) is 6.84. The molecule has 1 atom stereocenters. The zero-order valence-corrected chi connectivity index (χ0v) is 17.5. The van der Waals surface area contributed by atoms with Crippen LogP contribution in [0, 0.1) is 6.92 Å². The molecule has 156 valence electrons. The number of esters is 1. The fourth-order valence-electron chi connectivity index (χ4n) is 3.23. The molecular weight excluding hydrogens is 418 g/mol. The summed E-state index contributed by atoms with van der Waals surface area (Å²) < 4.78 is 5.42. The molecular formula is C22H17N3O5S. The molecule has 0 spiro atoms. The summed E-state index contributed by atoms with van der Waals surface area (Å²) >= 11 is 1.12. The number of anilines is 1. The number of imide groups is 1. The summed E-state index contributed by atoms with van der Waals surface area (Å²) in [5, 5.41) is 8.49. The number of amides is 2. The molecule has 1 aliphatic heterocycles. The molecule has 9 heteroatoms. The van der Waals surface area contributed by atoms with Gasteiger partial charge in [-0.15, -0.1) is 10.2 Å². The molecule has 3 aromatic rings. The largest absolute Gasteiger partial charge is 0.450 e. The van der Waals surface area contributed by atoms with E-state index in [2.05, 4.69) is 10.2 Å². The van der Waals surface area contributed by atoms with Gasteiger partial charge >= 0.3 is 5.97 Å². The van der Waals surface area contributed by atoms with Gasteiger partial charge in [-0.05, 0) is 31.5 Å². The Balaban J connectivity index is 1.56. The topological polar surface area (TPSA) is 107 Å². The van der Waals surface area contributed by atoms with Crippen LogP contribution in [-0.4, -0.2) is 39.9 Å². The summed E-state index contributed by atoms with van der Waals surface area (Å²) in [4.78, 5) is 51.7. The first-order valence-electron chi connectivity index (χ1n) is 9.54. The maximum Gasteiger partial charge on any atom is 0.338 e. The number of hydrogen-bond donors (Lipinski definition) is 0. The molecule has 0 unspecified atom stereocenters. The summed E-state index contributed by atoms with van der Waals surface area (Å²) in [5.41, 5.74) is 0.769. The highest BCUT2D eigenvalue weighted by Gasteiger charge is 2.39. The Morgan fingerprint density at radius 1 is 1.00 bits per heavy atom. The maximum absolute atomic E-state index is 12.8. The van der Waals surface area contributed by atoms with Crippen LogP contribution in [0.25, 0.3) is 0 Å². The third kappa shape index (κ3) is 3.75. The van der Waals surface area contributed by atoms with Crippen molar-refractivity contribution in [2.75, 3.05) is 4.90 Å². The van der Waals surface area contributed by atoms with Gasteiger partial charge in [-0.2, -0.15) is 0 Å². The number of benzene rings is 2. The molecule has 0 aliphatic carbocycles. The molecule has 2 amide bonds. The third-order valence-corrected chi connectivity index (χ3v) is 5.62. The van der Waals surface area contributed by atoms with Crippen molar-refractivity contribution >= 4 is 40.0 Å². The van der Waals surface area contributed by atoms with Gasteiger partial charge in [0.15, 0.2) is 6.10 Å². The highest BCUT2D eigenvalue weighted by Crippen LogP contribution is 2.31. The van der Waals surface area contributed by atoms with Crippen LogP contribution in [0.4, 0.5) is 5.13 Å². The van der Waals surface area contributed by atoms with Crippen molar-refractivity contribution in [3.63, 3.8) is 0 Å². The smallest absolute Gasteiger partial charge is 0.338 e. The van der Waals surface area contributed by atoms with Gasteiger partial charge in [0.2, 0.25) is 10.9 Å². The SMILES string of the molecule is CC[C@H](OC(=O)c1ccc2c(c1)C(=O)N(c1nnc(C)s1)C2=O)C(=O)c1ccccc1. The lowest BCUT2D eigenvalue weighted by Gasteiger charge is -2.15. The van der Waals surface area contributed by atoms with Crippen LogP contribution in [0.1, 0.15) is 59.8 Å². The van der Waals surface area contributed by atoms with Crippen LogP contribution in [0.2, 0.25) is 0 Å². The first-order valence-corrected chi connectivity index (χ1v) is 10.4. The van der Waals surface area contributed by atoms with Crippen molar-refractivity contribution in [1.29, 1.82) is 0 Å². The van der Waals surface area contributed by atoms with Gasteiger partial charge in [0.1, 0.15) is 5.01 Å². The van der Waals surface area contributed by atoms with Crippen molar-refractivity contribution < 1.29 is 23.9 Å². The average Bonchev–Trinajstić information content (AvgIpc) is 3.32. The molecule has 0 fully saturated rings. The van der Waals surface area contributed by atoms with E-state index >= 15 is 0 Å². The van der Waals surface area contributed by atoms with Gasteiger partial charge in [-0.25, -0.2) is 9.69 Å². The minimum absolute atomic E-state index is 0.0782. The van der Waals surface area contributed by atoms with Crippen LogP contribution in [0.5, 0.6) is 0 Å². The molecule has 0 saturated carbocycles. The fourth-order valence-corrected chi connectivity index (χ4v) is 3.91. The van der Waals surface area contributed by atoms with Crippen molar-refractivity contribution in [3.8, 4) is 0 Å². The maximum atomic E-state index is 12.8. The number of aromatic nitrogens is 2. The van der Waals surface area contributed by atoms with Crippen molar-refractivity contribution in [2.24, 2.45) is 0 Å². The fraction of sp³-hybridized carbons (Fsp3) is 0.182. The van der Waals surface area contributed by atoms with Crippen LogP contribution in [-0.2, 0) is 4.74 Å². The van der Waals surface area contributed by atoms with Gasteiger partial charge in [0, 0.05) is 5.56 Å². The normalized spacial score (nSPS) is 13.8. The Morgan fingerprint density at radius 2 is 1.71 bits per heavy atom. The lowest BCUT2D eigenvalue weighted by molar-refractivity contribution is 0.0277. The molecule has 0 radical (unpaired) electrons. The Labute approximate surface area is 181 Å². The number of hydrogen-bond acceptors (Lipinski definition) is 8. The van der Waals surface area contributed by atoms with E-state index in [9.17, 15) is 19.2 Å². The van der Waals surface area contributed by atoms with E-state index in [1.165, 1.54) is 18.2 Å². The quantitative estimate of drug-likeness (QED) is 0.331. The van der Waals surface area contributed by atoms with E-state index in [4.69, 9.17) is 4.74 Å². The lowest BCUT2D eigenvalue weighted by atomic mass is 10.0. The standard InChI is InChI=1S/C22H17N3O5S/c1-3-17(18(26)13-7-5-4-6-8-13)30-21(29)14-9-10-15-16(11-14)20(28)25(19(15)27)22-24-23-12(2)31-22/h4-11,17H,3H2,1-2H3/t17-/m0/s1. The molecule has 1 aromatic heterocycles. The number of fused-ring (bicyclic) bond motifs is 1. The van der Waals surface area contributed by atoms with E-state index < -0.39 is 23.9 Å². The summed E-state index contributed by atoms with van der Waals surface area (Å²) in [6.45, 7) is 3.46. The minimum atomic E-state index is -0.957. The van der Waals surface area contributed by atoms with Gasteiger partial charge in [0.05, 0.1) is 16.7 Å². The number of carbonyl (C=O) groups is 4. The van der Waals surface area contributed by atoms with Crippen molar-refractivity contribution in [3.05, 3.63) is 75.8 Å². The molecule has 0 saturated heterocycles. The van der Waals surface area contributed by atoms with E-state index in [-0.39, 0.29) is 27.6 Å². The van der Waals surface area contributed by atoms with Gasteiger partial charge < -0.3 is 4.74 Å². The first kappa shape index (κ1) is 20.5. The van der Waals surface area contributed by atoms with E-state index in [1.54, 1.807) is 44.2 Å². The summed E-state index contributed by atoms with van der Waals surface area (Å²) in [6, 6.07) is 12.7. The van der Waals surface area contributed by atoms with E-state index in [0.717, 1.165) is 16.2 Å². The number of aryl methyl sites for hydroxylation is 1. The molecule has 31 heavy (non-hydrogen) atoms. The Hall–Kier alpha value is -3.72. The summed E-state index contributed by atoms with van der Waals surface area (Å²) in [6.07, 6.45) is -0.659. The zero-order valence-electron chi connectivity index (χ0n) is 16.7. The molecule has 2 aromatic carbocycles. The summed E-state index contributed by atoms with van der Waals surface area (Å²) in [5.74, 6) is -2.16. The molecule has 1 aliphatic rings. The summed E-state index contributed by atoms with van der Waals surface area (Å²) in [7, 11) is 0. The Bertz CT molecular complexity index is 1200. The average molecular weight is 435 g/mol. The van der Waals surface area contributed by atoms with Crippen molar-refractivity contribution in [1.82, 2.24) is 10.2 Å². The Kier molecular flexibility index (Phi) is 5.43. The van der Waals surface area contributed by atoms with Gasteiger partial charge in [-0.1, -0.05) is 48.6 Å². The van der Waals surface area contributed by atoms with Crippen LogP contribution < -0.4 is 4.90 Å². The Morgan fingerprint density at radius 3 is 2.35 bits per heavy atom. The number of nitrogens with zero attached hydrogens (tertiary/aromatic N) is 3. The van der Waals surface area contributed by atoms with Gasteiger partial charge in [0.25, 0.3) is 11.8 Å². The molecule has 0 bridgehead atoms. The minimum Gasteiger partial charge on any atom is -0.450 e. The molecule has 4 rings (SSSR count). The van der Waals surface area contributed by atoms with E-state index in [0.29, 0.717) is 17.0 Å². The highest BCUT2D eigenvalue weighted by atomic mass is 32.1. The van der Waals surface area contributed by atoms with Crippen LogP contribution in [0.15, 0.2) is 48.5 Å². The number of Topliss-reactive ketones (excluding diaryl/α,β-unsaturated/α-hetero) is 1. The molecule has 0 N–H and O–H groups in total. The second-order valence-corrected chi connectivity index (χ2v) is 8.00. The lowest BCUT2D eigenvalue weighted by Crippen LogP contribution is -2.29. The number of carbonyl (C=O) groups excluding carboxylic acids is 4. The zero-order chi connectivity index (χ0) is 22.1. The third-order valence-electron chi connectivity index (χ3n) is 4.80. The number of rotatable bonds is 6. The predicted molar refractivity (Wildman–Crippen MR) is 112 cm³/mol. The molecule has 8 nitrogen and oxygen atoms in total. The monoisotopic (exact) mass is 435 g/mol. The van der Waals surface area contributed by atoms with Crippen molar-refractivity contribution in [2.45, 2.75) is 26.4 Å². The van der Waals surface area contributed by atoms with Gasteiger partial charge in [-0.3, -0.25) is 14.4 Å². The van der Waals surface area contributed by atoms with Crippen LogP contribution >= 0.6 is 11.3 Å². The highest BCUT2D eigenvalue weighted by molar-refractivity contribution is 7.15.